The van der Waals surface area contributed by atoms with Crippen LogP contribution in [0.25, 0.3) is 0 Å². The molecule has 0 spiro atoms. The second-order valence-electron chi connectivity index (χ2n) is 4.44. The smallest absolute Gasteiger partial charge is 0.110 e. The molecule has 0 unspecified atom stereocenters. The van der Waals surface area contributed by atoms with Crippen LogP contribution in [0.15, 0.2) is 12.2 Å². The van der Waals surface area contributed by atoms with Gasteiger partial charge in [-0.25, -0.2) is 0 Å². The molecule has 0 N–H and O–H groups in total. The summed E-state index contributed by atoms with van der Waals surface area (Å²) < 4.78 is 10.8. The minimum Gasteiger partial charge on any atom is -0.362 e. The van der Waals surface area contributed by atoms with E-state index >= 15 is 0 Å². The van der Waals surface area contributed by atoms with Crippen LogP contribution in [-0.4, -0.2) is 23.4 Å². The van der Waals surface area contributed by atoms with Gasteiger partial charge < -0.3 is 9.47 Å². The van der Waals surface area contributed by atoms with Gasteiger partial charge in [0.2, 0.25) is 0 Å². The van der Waals surface area contributed by atoms with Crippen LogP contribution in [0.4, 0.5) is 0 Å². The summed E-state index contributed by atoms with van der Waals surface area (Å²) in [5, 5.41) is 0. The topological polar surface area (TPSA) is 25.1 Å². The monoisotopic (exact) mass is 168 g/mol. The first-order chi connectivity index (χ1) is 5.44. The summed E-state index contributed by atoms with van der Waals surface area (Å²) in [6.45, 7) is 8.38. The Labute approximate surface area is 73.5 Å². The average Bonchev–Trinajstić information content (AvgIpc) is 2.72. The first kappa shape index (κ1) is 8.27. The van der Waals surface area contributed by atoms with Gasteiger partial charge in [-0.2, -0.15) is 0 Å². The van der Waals surface area contributed by atoms with Gasteiger partial charge in [0.1, 0.15) is 11.7 Å². The van der Waals surface area contributed by atoms with Crippen molar-refractivity contribution < 1.29 is 9.47 Å². The zero-order valence-corrected chi connectivity index (χ0v) is 8.13. The average molecular weight is 168 g/mol. The van der Waals surface area contributed by atoms with Crippen molar-refractivity contribution in [2.75, 3.05) is 0 Å². The third-order valence-corrected chi connectivity index (χ3v) is 2.84. The molecule has 2 rings (SSSR count). The Morgan fingerprint density at radius 3 is 2.00 bits per heavy atom. The summed E-state index contributed by atoms with van der Waals surface area (Å²) >= 11 is 0. The Kier molecular flexibility index (Phi) is 1.46. The summed E-state index contributed by atoms with van der Waals surface area (Å²) in [6, 6.07) is 0. The number of hydrogen-bond donors (Lipinski definition) is 0. The highest BCUT2D eigenvalue weighted by atomic mass is 16.6. The maximum absolute atomic E-state index is 5.42. The highest BCUT2D eigenvalue weighted by molar-refractivity contribution is 5.18. The summed E-state index contributed by atoms with van der Waals surface area (Å²) in [7, 11) is 0. The van der Waals surface area contributed by atoms with Gasteiger partial charge in [0.15, 0.2) is 0 Å². The van der Waals surface area contributed by atoms with Crippen molar-refractivity contribution >= 4 is 0 Å². The van der Waals surface area contributed by atoms with E-state index in [4.69, 9.17) is 9.47 Å². The molecule has 0 amide bonds. The third-order valence-electron chi connectivity index (χ3n) is 2.84. The van der Waals surface area contributed by atoms with E-state index in [1.807, 2.05) is 0 Å². The van der Waals surface area contributed by atoms with Crippen molar-refractivity contribution in [2.45, 2.75) is 51.1 Å². The van der Waals surface area contributed by atoms with Gasteiger partial charge in [-0.15, -0.1) is 0 Å². The summed E-state index contributed by atoms with van der Waals surface area (Å²) in [6.07, 6.45) is 4.90. The third kappa shape index (κ3) is 1.29. The van der Waals surface area contributed by atoms with Crippen LogP contribution in [0.3, 0.4) is 0 Å². The molecule has 2 nitrogen and oxygen atoms in total. The fourth-order valence-corrected chi connectivity index (χ4v) is 1.36. The molecule has 2 saturated heterocycles. The molecule has 0 aromatic heterocycles. The summed E-state index contributed by atoms with van der Waals surface area (Å²) in [5.74, 6) is 0. The molecule has 0 aromatic carbocycles. The number of hydrogen-bond acceptors (Lipinski definition) is 2. The van der Waals surface area contributed by atoms with Crippen LogP contribution in [0.5, 0.6) is 0 Å². The van der Waals surface area contributed by atoms with Gasteiger partial charge in [0.25, 0.3) is 0 Å². The van der Waals surface area contributed by atoms with E-state index in [2.05, 4.69) is 39.8 Å². The Morgan fingerprint density at radius 1 is 1.17 bits per heavy atom. The first-order valence-corrected chi connectivity index (χ1v) is 4.49. The van der Waals surface area contributed by atoms with E-state index in [0.29, 0.717) is 12.2 Å². The van der Waals surface area contributed by atoms with Crippen molar-refractivity contribution in [2.24, 2.45) is 0 Å². The molecule has 12 heavy (non-hydrogen) atoms. The maximum Gasteiger partial charge on any atom is 0.110 e. The van der Waals surface area contributed by atoms with Crippen LogP contribution in [0.2, 0.25) is 0 Å². The highest BCUT2D eigenvalue weighted by Gasteiger charge is 2.49. The van der Waals surface area contributed by atoms with Crippen molar-refractivity contribution in [1.82, 2.24) is 0 Å². The van der Waals surface area contributed by atoms with E-state index in [1.165, 1.54) is 0 Å². The summed E-state index contributed by atoms with van der Waals surface area (Å²) in [5.41, 5.74) is 0.0486. The second kappa shape index (κ2) is 2.12. The van der Waals surface area contributed by atoms with Gasteiger partial charge in [-0.3, -0.25) is 0 Å². The van der Waals surface area contributed by atoms with Gasteiger partial charge in [-0.1, -0.05) is 12.2 Å². The zero-order chi connectivity index (χ0) is 8.98. The second-order valence-corrected chi connectivity index (χ2v) is 4.44. The highest BCUT2D eigenvalue weighted by Crippen LogP contribution is 2.40. The van der Waals surface area contributed by atoms with E-state index in [0.717, 1.165) is 0 Å². The molecule has 2 heteroatoms. The van der Waals surface area contributed by atoms with E-state index in [1.54, 1.807) is 0 Å². The SMILES string of the molecule is C[C@H]1O[C@@]1(C)/C=C/[C@@H]1OC1(C)C. The van der Waals surface area contributed by atoms with Gasteiger partial charge in [0, 0.05) is 0 Å². The lowest BCUT2D eigenvalue weighted by atomic mass is 10.1. The number of rotatable bonds is 2. The van der Waals surface area contributed by atoms with Crippen molar-refractivity contribution in [3.8, 4) is 0 Å². The predicted octanol–water partition coefficient (Wildman–Crippen LogP) is 1.90. The molecule has 2 aliphatic rings. The predicted molar refractivity (Wildman–Crippen MR) is 47.0 cm³/mol. The largest absolute Gasteiger partial charge is 0.362 e. The van der Waals surface area contributed by atoms with Crippen LogP contribution < -0.4 is 0 Å². The molecule has 0 aromatic rings. The molecule has 2 fully saturated rings. The zero-order valence-electron chi connectivity index (χ0n) is 8.13. The standard InChI is InChI=1S/C10H16O2/c1-7-10(4,11-7)6-5-8-9(2,3)12-8/h5-8H,1-4H3/b6-5+/t7-,8+,10+/m1/s1. The lowest BCUT2D eigenvalue weighted by Gasteiger charge is -1.94. The molecule has 2 heterocycles. The maximum atomic E-state index is 5.42. The molecular formula is C10H16O2. The quantitative estimate of drug-likeness (QED) is 0.464. The normalized spacial score (nSPS) is 49.7. The van der Waals surface area contributed by atoms with E-state index < -0.39 is 0 Å². The fraction of sp³-hybridized carbons (Fsp3) is 0.800. The lowest BCUT2D eigenvalue weighted by Crippen LogP contribution is -2.05. The van der Waals surface area contributed by atoms with Crippen LogP contribution >= 0.6 is 0 Å². The van der Waals surface area contributed by atoms with Crippen molar-refractivity contribution in [3.05, 3.63) is 12.2 Å². The molecule has 0 aliphatic carbocycles. The minimum absolute atomic E-state index is 0.0119. The van der Waals surface area contributed by atoms with Crippen molar-refractivity contribution in [3.63, 3.8) is 0 Å². The molecule has 0 radical (unpaired) electrons. The molecular weight excluding hydrogens is 152 g/mol. The molecule has 3 atom stereocenters. The van der Waals surface area contributed by atoms with Crippen molar-refractivity contribution in [1.29, 1.82) is 0 Å². The van der Waals surface area contributed by atoms with E-state index in [-0.39, 0.29) is 11.2 Å². The fourth-order valence-electron chi connectivity index (χ4n) is 1.36. The summed E-state index contributed by atoms with van der Waals surface area (Å²) in [4.78, 5) is 0. The Balaban J connectivity index is 1.89. The Hall–Kier alpha value is -0.340. The Morgan fingerprint density at radius 2 is 1.67 bits per heavy atom. The first-order valence-electron chi connectivity index (χ1n) is 4.49. The minimum atomic E-state index is -0.0119. The molecule has 68 valence electrons. The molecule has 0 saturated carbocycles. The number of epoxide rings is 2. The number of ether oxygens (including phenoxy) is 2. The molecule has 0 bridgehead atoms. The molecule has 2 aliphatic heterocycles. The van der Waals surface area contributed by atoms with Gasteiger partial charge in [-0.05, 0) is 27.7 Å². The van der Waals surface area contributed by atoms with Gasteiger partial charge >= 0.3 is 0 Å². The van der Waals surface area contributed by atoms with Crippen LogP contribution in [0.1, 0.15) is 27.7 Å². The van der Waals surface area contributed by atoms with Crippen LogP contribution in [0, 0.1) is 0 Å². The van der Waals surface area contributed by atoms with E-state index in [9.17, 15) is 0 Å². The Bertz CT molecular complexity index is 232. The van der Waals surface area contributed by atoms with Gasteiger partial charge in [0.05, 0.1) is 11.7 Å². The van der Waals surface area contributed by atoms with Crippen LogP contribution in [-0.2, 0) is 9.47 Å². The lowest BCUT2D eigenvalue weighted by molar-refractivity contribution is 0.331.